The van der Waals surface area contributed by atoms with E-state index in [1.54, 1.807) is 16.7 Å². The highest BCUT2D eigenvalue weighted by Crippen LogP contribution is 2.26. The number of benzene rings is 2. The van der Waals surface area contributed by atoms with Gasteiger partial charge in [0.25, 0.3) is 5.56 Å². The van der Waals surface area contributed by atoms with Gasteiger partial charge < -0.3 is 14.6 Å². The van der Waals surface area contributed by atoms with E-state index in [-0.39, 0.29) is 18.6 Å². The van der Waals surface area contributed by atoms with Crippen molar-refractivity contribution in [2.24, 2.45) is 7.05 Å². The van der Waals surface area contributed by atoms with Crippen molar-refractivity contribution in [3.8, 4) is 5.69 Å². The van der Waals surface area contributed by atoms with Gasteiger partial charge in [-0.25, -0.2) is 9.36 Å². The first-order valence-electron chi connectivity index (χ1n) is 11.5. The number of carbonyl (C=O) groups excluding carboxylic acids is 1. The largest absolute Gasteiger partial charge is 0.376 e. The van der Waals surface area contributed by atoms with Gasteiger partial charge in [-0.05, 0) is 51.0 Å². The van der Waals surface area contributed by atoms with Gasteiger partial charge in [0.1, 0.15) is 12.1 Å². The standard InChI is InChI=1S/C26H28N4O4/c1-16-6-9-18(10-7-16)30-25(32)24-23(20-13-17(2)8-11-21(20)28(24)3)29(26(30)33)15-22(31)27-14-19-5-4-12-34-19/h6-11,13,19H,4-5,12,14-15H2,1-3H3,(H,27,31)/t19-/m0/s1. The van der Waals surface area contributed by atoms with E-state index in [1.807, 2.05) is 51.2 Å². The summed E-state index contributed by atoms with van der Waals surface area (Å²) in [5.41, 5.74) is 3.24. The summed E-state index contributed by atoms with van der Waals surface area (Å²) in [4.78, 5) is 40.3. The summed E-state index contributed by atoms with van der Waals surface area (Å²) in [6.45, 7) is 4.82. The zero-order valence-corrected chi connectivity index (χ0v) is 19.6. The van der Waals surface area contributed by atoms with Gasteiger partial charge in [-0.2, -0.15) is 0 Å². The molecule has 1 saturated heterocycles. The van der Waals surface area contributed by atoms with E-state index in [1.165, 1.54) is 4.57 Å². The molecule has 2 aromatic heterocycles. The first-order chi connectivity index (χ1) is 16.3. The number of nitrogens with one attached hydrogen (secondary N) is 1. The summed E-state index contributed by atoms with van der Waals surface area (Å²) in [5, 5.41) is 3.67. The Morgan fingerprint density at radius 2 is 1.79 bits per heavy atom. The van der Waals surface area contributed by atoms with E-state index < -0.39 is 11.2 Å². The first kappa shape index (κ1) is 22.2. The maximum absolute atomic E-state index is 13.7. The second kappa shape index (κ2) is 8.61. The first-order valence-corrected chi connectivity index (χ1v) is 11.5. The molecule has 1 aliphatic rings. The van der Waals surface area contributed by atoms with Crippen LogP contribution < -0.4 is 16.6 Å². The Kier molecular flexibility index (Phi) is 5.61. The van der Waals surface area contributed by atoms with Crippen LogP contribution in [0.5, 0.6) is 0 Å². The Balaban J connectivity index is 1.71. The van der Waals surface area contributed by atoms with Crippen molar-refractivity contribution in [2.45, 2.75) is 39.3 Å². The minimum Gasteiger partial charge on any atom is -0.376 e. The number of hydrogen-bond acceptors (Lipinski definition) is 4. The van der Waals surface area contributed by atoms with Gasteiger partial charge >= 0.3 is 5.69 Å². The number of fused-ring (bicyclic) bond motifs is 3. The molecule has 1 fully saturated rings. The number of amides is 1. The van der Waals surface area contributed by atoms with Crippen LogP contribution in [0.15, 0.2) is 52.1 Å². The van der Waals surface area contributed by atoms with Gasteiger partial charge in [0.05, 0.1) is 22.8 Å². The lowest BCUT2D eigenvalue weighted by atomic mass is 10.1. The Labute approximate surface area is 196 Å². The van der Waals surface area contributed by atoms with Crippen molar-refractivity contribution in [1.29, 1.82) is 0 Å². The third-order valence-corrected chi connectivity index (χ3v) is 6.57. The van der Waals surface area contributed by atoms with Crippen LogP contribution in [-0.4, -0.2) is 38.9 Å². The molecule has 1 atom stereocenters. The minimum atomic E-state index is -0.539. The van der Waals surface area contributed by atoms with E-state index >= 15 is 0 Å². The third kappa shape index (κ3) is 3.74. The fraction of sp³-hybridized carbons (Fsp3) is 0.346. The maximum atomic E-state index is 13.7. The number of rotatable bonds is 5. The number of aromatic nitrogens is 3. The topological polar surface area (TPSA) is 87.3 Å². The van der Waals surface area contributed by atoms with Crippen LogP contribution in [0.1, 0.15) is 24.0 Å². The summed E-state index contributed by atoms with van der Waals surface area (Å²) in [6, 6.07) is 13.1. The molecule has 1 amide bonds. The number of carbonyl (C=O) groups is 1. The fourth-order valence-electron chi connectivity index (χ4n) is 4.77. The molecule has 0 spiro atoms. The van der Waals surface area contributed by atoms with E-state index in [2.05, 4.69) is 5.32 Å². The Morgan fingerprint density at radius 1 is 1.06 bits per heavy atom. The molecule has 0 bridgehead atoms. The SMILES string of the molecule is Cc1ccc(-n2c(=O)c3c(c4cc(C)ccc4n3C)n(CC(=O)NC[C@@H]3CCCO3)c2=O)cc1. The molecule has 1 aliphatic heterocycles. The lowest BCUT2D eigenvalue weighted by molar-refractivity contribution is -0.122. The van der Waals surface area contributed by atoms with Crippen LogP contribution in [0.25, 0.3) is 27.6 Å². The van der Waals surface area contributed by atoms with Gasteiger partial charge in [-0.3, -0.25) is 14.2 Å². The second-order valence-electron chi connectivity index (χ2n) is 9.06. The highest BCUT2D eigenvalue weighted by Gasteiger charge is 2.23. The molecule has 34 heavy (non-hydrogen) atoms. The Morgan fingerprint density at radius 3 is 2.50 bits per heavy atom. The average Bonchev–Trinajstić information content (AvgIpc) is 3.43. The normalized spacial score (nSPS) is 15.9. The van der Waals surface area contributed by atoms with Gasteiger partial charge in [-0.15, -0.1) is 0 Å². The quantitative estimate of drug-likeness (QED) is 0.496. The van der Waals surface area contributed by atoms with Crippen molar-refractivity contribution < 1.29 is 9.53 Å². The molecule has 2 aromatic carbocycles. The molecule has 0 saturated carbocycles. The zero-order chi connectivity index (χ0) is 24.0. The summed E-state index contributed by atoms with van der Waals surface area (Å²) >= 11 is 0. The molecule has 5 rings (SSSR count). The lowest BCUT2D eigenvalue weighted by Gasteiger charge is -2.15. The highest BCUT2D eigenvalue weighted by atomic mass is 16.5. The number of aryl methyl sites for hydroxylation is 3. The van der Waals surface area contributed by atoms with Gasteiger partial charge in [0.2, 0.25) is 5.91 Å². The predicted molar refractivity (Wildman–Crippen MR) is 132 cm³/mol. The van der Waals surface area contributed by atoms with E-state index in [0.717, 1.165) is 39.4 Å². The van der Waals surface area contributed by atoms with Crippen molar-refractivity contribution in [1.82, 2.24) is 19.0 Å². The van der Waals surface area contributed by atoms with Crippen molar-refractivity contribution in [3.63, 3.8) is 0 Å². The lowest BCUT2D eigenvalue weighted by Crippen LogP contribution is -2.43. The molecule has 0 unspecified atom stereocenters. The number of hydrogen-bond donors (Lipinski definition) is 1. The third-order valence-electron chi connectivity index (χ3n) is 6.57. The van der Waals surface area contributed by atoms with Crippen LogP contribution >= 0.6 is 0 Å². The minimum absolute atomic E-state index is 0.00223. The molecule has 4 aromatic rings. The van der Waals surface area contributed by atoms with Crippen molar-refractivity contribution in [2.75, 3.05) is 13.2 Å². The molecule has 176 valence electrons. The van der Waals surface area contributed by atoms with Crippen LogP contribution in [0.4, 0.5) is 0 Å². The summed E-state index contributed by atoms with van der Waals surface area (Å²) < 4.78 is 9.97. The van der Waals surface area contributed by atoms with Gasteiger partial charge in [0, 0.05) is 25.6 Å². The van der Waals surface area contributed by atoms with Crippen LogP contribution in [0, 0.1) is 13.8 Å². The molecule has 3 heterocycles. The number of ether oxygens (including phenoxy) is 1. The highest BCUT2D eigenvalue weighted by molar-refractivity contribution is 6.06. The summed E-state index contributed by atoms with van der Waals surface area (Å²) in [6.07, 6.45) is 1.89. The monoisotopic (exact) mass is 460 g/mol. The number of nitrogens with zero attached hydrogens (tertiary/aromatic N) is 3. The van der Waals surface area contributed by atoms with Gasteiger partial charge in [0.15, 0.2) is 0 Å². The summed E-state index contributed by atoms with van der Waals surface area (Å²) in [5.74, 6) is -0.294. The van der Waals surface area contributed by atoms with Crippen LogP contribution in [0.3, 0.4) is 0 Å². The molecule has 0 aliphatic carbocycles. The fourth-order valence-corrected chi connectivity index (χ4v) is 4.77. The second-order valence-corrected chi connectivity index (χ2v) is 9.06. The molecular formula is C26H28N4O4. The molecule has 1 N–H and O–H groups in total. The smallest absolute Gasteiger partial charge is 0.336 e. The molecule has 8 nitrogen and oxygen atoms in total. The Bertz CT molecular complexity index is 1520. The molecule has 0 radical (unpaired) electrons. The average molecular weight is 461 g/mol. The van der Waals surface area contributed by atoms with E-state index in [9.17, 15) is 14.4 Å². The van der Waals surface area contributed by atoms with Gasteiger partial charge in [-0.1, -0.05) is 29.3 Å². The van der Waals surface area contributed by atoms with E-state index in [0.29, 0.717) is 29.9 Å². The van der Waals surface area contributed by atoms with E-state index in [4.69, 9.17) is 4.74 Å². The maximum Gasteiger partial charge on any atom is 0.336 e. The van der Waals surface area contributed by atoms with Crippen LogP contribution in [-0.2, 0) is 23.1 Å². The molecule has 8 heteroatoms. The Hall–Kier alpha value is -3.65. The predicted octanol–water partition coefficient (Wildman–Crippen LogP) is 2.56. The summed E-state index contributed by atoms with van der Waals surface area (Å²) in [7, 11) is 1.81. The molecular weight excluding hydrogens is 432 g/mol. The van der Waals surface area contributed by atoms with Crippen LogP contribution in [0.2, 0.25) is 0 Å². The zero-order valence-electron chi connectivity index (χ0n) is 19.6. The van der Waals surface area contributed by atoms with Crippen molar-refractivity contribution in [3.05, 3.63) is 74.4 Å². The van der Waals surface area contributed by atoms with Crippen molar-refractivity contribution >= 4 is 27.8 Å².